The monoisotopic (exact) mass is 887 g/mol. The zero-order chi connectivity index (χ0) is 45.3. The van der Waals surface area contributed by atoms with Crippen molar-refractivity contribution >= 4 is 40.4 Å². The Morgan fingerprint density at radius 1 is 0.453 bits per heavy atom. The van der Waals surface area contributed by atoms with Crippen LogP contribution in [0.25, 0.3) is 56.9 Å². The van der Waals surface area contributed by atoms with E-state index in [-0.39, 0.29) is 5.71 Å². The van der Waals surface area contributed by atoms with Crippen LogP contribution in [0.5, 0.6) is 0 Å². The van der Waals surface area contributed by atoms with Crippen molar-refractivity contribution < 1.29 is 52.7 Å². The maximum absolute atomic E-state index is 13.6. The molecule has 0 aliphatic carbocycles. The molecule has 0 unspecified atom stereocenters. The lowest BCUT2D eigenvalue weighted by atomic mass is 9.98. The minimum absolute atomic E-state index is 0.283. The summed E-state index contributed by atoms with van der Waals surface area (Å²) >= 11 is 0. The number of hydrogen-bond donors (Lipinski definition) is 3. The molecule has 6 aromatic rings. The van der Waals surface area contributed by atoms with Gasteiger partial charge in [0.05, 0.1) is 56.3 Å². The predicted molar refractivity (Wildman–Crippen MR) is 219 cm³/mol. The van der Waals surface area contributed by atoms with Crippen LogP contribution in [0.1, 0.15) is 33.4 Å². The van der Waals surface area contributed by atoms with E-state index in [4.69, 9.17) is 4.99 Å². The lowest BCUT2D eigenvalue weighted by Crippen LogP contribution is -2.19. The summed E-state index contributed by atoms with van der Waals surface area (Å²) in [6.45, 7) is 0. The molecule has 0 atom stereocenters. The maximum atomic E-state index is 13.6. The first-order chi connectivity index (χ1) is 30.2. The zero-order valence-corrected chi connectivity index (χ0v) is 32.3. The van der Waals surface area contributed by atoms with Crippen LogP contribution < -0.4 is 26.7 Å². The van der Waals surface area contributed by atoms with Crippen LogP contribution in [-0.4, -0.2) is 15.7 Å². The molecule has 5 heterocycles. The number of H-pyrrole nitrogens is 2. The second kappa shape index (κ2) is 15.2. The fourth-order valence-electron chi connectivity index (χ4n) is 7.56. The van der Waals surface area contributed by atoms with E-state index in [2.05, 4.69) is 15.3 Å². The number of rotatable bonds is 4. The molecule has 4 aromatic carbocycles. The van der Waals surface area contributed by atoms with Gasteiger partial charge < -0.3 is 9.97 Å². The molecule has 2 aromatic heterocycles. The van der Waals surface area contributed by atoms with Gasteiger partial charge in [-0.3, -0.25) is 5.32 Å². The summed E-state index contributed by atoms with van der Waals surface area (Å²) in [5, 5.41) is 4.87. The largest absolute Gasteiger partial charge is 0.416 e. The van der Waals surface area contributed by atoms with Crippen LogP contribution in [-0.2, 0) is 24.7 Å². The molecular weight excluding hydrogens is 861 g/mol. The molecule has 4 nitrogen and oxygen atoms in total. The minimum Gasteiger partial charge on any atom is -0.353 e. The van der Waals surface area contributed by atoms with Gasteiger partial charge in [-0.1, -0.05) is 36.4 Å². The van der Waals surface area contributed by atoms with Gasteiger partial charge in [0.2, 0.25) is 0 Å². The van der Waals surface area contributed by atoms with Crippen LogP contribution in [0.15, 0.2) is 138 Å². The number of fused-ring (bicyclic) bond motifs is 7. The highest BCUT2D eigenvalue weighted by molar-refractivity contribution is 6.34. The number of nitrogens with zero attached hydrogens (tertiary/aromatic N) is 1. The predicted octanol–water partition coefficient (Wildman–Crippen LogP) is 10.6. The summed E-state index contributed by atoms with van der Waals surface area (Å²) in [5.74, 6) is 0. The van der Waals surface area contributed by atoms with Gasteiger partial charge in [0.1, 0.15) is 16.6 Å². The molecule has 0 spiro atoms. The number of benzene rings is 4. The number of alkyl halides is 12. The van der Waals surface area contributed by atoms with Gasteiger partial charge in [-0.05, 0) is 108 Å². The first-order valence-corrected chi connectivity index (χ1v) is 19.1. The van der Waals surface area contributed by atoms with Crippen LogP contribution >= 0.6 is 0 Å². The van der Waals surface area contributed by atoms with Crippen molar-refractivity contribution in [3.63, 3.8) is 0 Å². The fraction of sp³-hybridized carbons (Fsp3) is 0.0833. The second-order valence-corrected chi connectivity index (χ2v) is 14.9. The molecule has 16 heteroatoms. The SMILES string of the molecule is FC(F)(F)c1ccc(C2=CC3=c4cc(-c5ccc(C(F)(F)F)cc5)c([nH]4)=CC=c4[nH]c(cc4-c4ccc(C(F)(F)F)cc4)=C4[CH+]C(c5ccc(C(F)(F)F)cc5)=C(C=CC2=N3)N4)cc1. The third-order valence-corrected chi connectivity index (χ3v) is 10.8. The van der Waals surface area contributed by atoms with Gasteiger partial charge in [-0.25, -0.2) is 4.99 Å². The molecule has 322 valence electrons. The number of aliphatic imine (C=N–C) groups is 1. The lowest BCUT2D eigenvalue weighted by molar-refractivity contribution is -0.138. The van der Waals surface area contributed by atoms with E-state index < -0.39 is 47.0 Å². The summed E-state index contributed by atoms with van der Waals surface area (Å²) in [5.41, 5.74) is 1.17. The van der Waals surface area contributed by atoms with Crippen molar-refractivity contribution in [2.24, 2.45) is 4.99 Å². The molecule has 0 radical (unpaired) electrons. The Morgan fingerprint density at radius 3 is 1.31 bits per heavy atom. The van der Waals surface area contributed by atoms with Gasteiger partial charge in [0.25, 0.3) is 0 Å². The second-order valence-electron chi connectivity index (χ2n) is 14.9. The van der Waals surface area contributed by atoms with Crippen molar-refractivity contribution in [3.8, 4) is 22.3 Å². The van der Waals surface area contributed by atoms with Crippen molar-refractivity contribution in [2.45, 2.75) is 24.7 Å². The summed E-state index contributed by atoms with van der Waals surface area (Å²) in [6, 6.07) is 21.2. The summed E-state index contributed by atoms with van der Waals surface area (Å²) < 4.78 is 163. The summed E-state index contributed by atoms with van der Waals surface area (Å²) in [6.07, 6.45) is -8.67. The normalized spacial score (nSPS) is 15.4. The quantitative estimate of drug-likeness (QED) is 0.120. The first-order valence-electron chi connectivity index (χ1n) is 19.1. The third kappa shape index (κ3) is 8.18. The van der Waals surface area contributed by atoms with E-state index in [9.17, 15) is 52.7 Å². The first kappa shape index (κ1) is 42.0. The molecule has 0 saturated heterocycles. The van der Waals surface area contributed by atoms with E-state index in [1.54, 1.807) is 48.9 Å². The molecule has 0 saturated carbocycles. The van der Waals surface area contributed by atoms with E-state index in [0.717, 1.165) is 48.5 Å². The Bertz CT molecular complexity index is 3200. The van der Waals surface area contributed by atoms with Crippen molar-refractivity contribution in [1.82, 2.24) is 15.3 Å². The molecule has 64 heavy (non-hydrogen) atoms. The van der Waals surface area contributed by atoms with Crippen molar-refractivity contribution in [2.75, 3.05) is 0 Å². The third-order valence-electron chi connectivity index (χ3n) is 10.8. The Hall–Kier alpha value is -7.36. The fourth-order valence-corrected chi connectivity index (χ4v) is 7.56. The Balaban J connectivity index is 1.30. The van der Waals surface area contributed by atoms with E-state index in [0.29, 0.717) is 83.0 Å². The lowest BCUT2D eigenvalue weighted by Gasteiger charge is -2.08. The Kier molecular flexibility index (Phi) is 9.95. The van der Waals surface area contributed by atoms with Crippen molar-refractivity contribution in [1.29, 1.82) is 0 Å². The van der Waals surface area contributed by atoms with Gasteiger partial charge in [0, 0.05) is 34.2 Å². The number of aromatic nitrogens is 2. The molecule has 3 aliphatic heterocycles. The van der Waals surface area contributed by atoms with Crippen LogP contribution in [0.3, 0.4) is 0 Å². The van der Waals surface area contributed by atoms with Gasteiger partial charge in [-0.2, -0.15) is 52.7 Å². The number of hydrogen-bond acceptors (Lipinski definition) is 2. The summed E-state index contributed by atoms with van der Waals surface area (Å²) in [4.78, 5) is 11.4. The zero-order valence-electron chi connectivity index (χ0n) is 32.3. The van der Waals surface area contributed by atoms with Crippen LogP contribution in [0, 0.1) is 6.42 Å². The minimum atomic E-state index is -4.61. The Labute approximate surface area is 354 Å². The highest BCUT2D eigenvalue weighted by Gasteiger charge is 2.35. The molecule has 3 N–H and O–H groups in total. The summed E-state index contributed by atoms with van der Waals surface area (Å²) in [7, 11) is 0. The maximum Gasteiger partial charge on any atom is 0.416 e. The molecule has 0 amide bonds. The highest BCUT2D eigenvalue weighted by atomic mass is 19.4. The number of nitrogens with one attached hydrogen (secondary N) is 3. The molecule has 9 rings (SSSR count). The van der Waals surface area contributed by atoms with E-state index >= 15 is 0 Å². The van der Waals surface area contributed by atoms with Crippen LogP contribution in [0.2, 0.25) is 0 Å². The highest BCUT2D eigenvalue weighted by Crippen LogP contribution is 2.37. The Morgan fingerprint density at radius 2 is 0.859 bits per heavy atom. The molecule has 3 aliphatic rings. The molecule has 8 bridgehead atoms. The topological polar surface area (TPSA) is 56.0 Å². The van der Waals surface area contributed by atoms with E-state index in [1.807, 2.05) is 0 Å². The standard InChI is InChI=1S/C48H27F12N4/c49-45(50,51)29-9-1-25(2-10-29)33-21-41-42-22-34(26-3-11-30(12-4-26)46(52,53)54)39(62-42)19-20-40-36(28-7-15-32(16-8-28)48(58,59)60)24-44(64-40)43-23-35(38(63-43)18-17-37(33)61-41)27-5-13-31(14-6-27)47(55,56)57/h1-24,61-63H/q+1. The average molecular weight is 888 g/mol. The van der Waals surface area contributed by atoms with Crippen molar-refractivity contribution in [3.05, 3.63) is 194 Å². The number of halogens is 12. The average Bonchev–Trinajstić information content (AvgIpc) is 4.06. The smallest absolute Gasteiger partial charge is 0.353 e. The van der Waals surface area contributed by atoms with Gasteiger partial charge in [-0.15, -0.1) is 0 Å². The van der Waals surface area contributed by atoms with Gasteiger partial charge >= 0.3 is 24.7 Å². The van der Waals surface area contributed by atoms with Gasteiger partial charge in [0.15, 0.2) is 5.70 Å². The number of aromatic amines is 2. The van der Waals surface area contributed by atoms with Crippen LogP contribution in [0.4, 0.5) is 52.7 Å². The number of allylic oxidation sites excluding steroid dienone is 3. The van der Waals surface area contributed by atoms with E-state index in [1.165, 1.54) is 48.5 Å². The molecule has 0 fully saturated rings. The molecular formula is C48H27F12N4+.